The van der Waals surface area contributed by atoms with Gasteiger partial charge in [-0.1, -0.05) is 26.0 Å². The predicted octanol–water partition coefficient (Wildman–Crippen LogP) is 2.16. The van der Waals surface area contributed by atoms with Gasteiger partial charge in [-0.25, -0.2) is 0 Å². The molecule has 7 nitrogen and oxygen atoms in total. The zero-order valence-corrected chi connectivity index (χ0v) is 21.4. The third-order valence-electron chi connectivity index (χ3n) is 7.58. The van der Waals surface area contributed by atoms with Crippen LogP contribution in [0.3, 0.4) is 0 Å². The van der Waals surface area contributed by atoms with Gasteiger partial charge in [0.1, 0.15) is 6.04 Å². The van der Waals surface area contributed by atoms with Crippen LogP contribution in [-0.2, 0) is 14.4 Å². The van der Waals surface area contributed by atoms with Crippen LogP contribution in [0, 0.1) is 17.8 Å². The molecule has 184 valence electrons. The fraction of sp³-hybridized carbons (Fsp3) is 0.720. The molecule has 0 saturated carbocycles. The van der Waals surface area contributed by atoms with Gasteiger partial charge in [-0.05, 0) is 32.6 Å². The average Bonchev–Trinajstić information content (AvgIpc) is 3.39. The third kappa shape index (κ3) is 4.03. The number of nitrogens with zero attached hydrogens (tertiary/aromatic N) is 3. The molecule has 3 amide bonds. The molecule has 3 aliphatic rings. The van der Waals surface area contributed by atoms with Crippen molar-refractivity contribution in [3.8, 4) is 0 Å². The molecule has 2 bridgehead atoms. The van der Waals surface area contributed by atoms with Crippen LogP contribution < -0.4 is 0 Å². The first-order valence-electron chi connectivity index (χ1n) is 11.9. The Morgan fingerprint density at radius 3 is 2.36 bits per heavy atom. The van der Waals surface area contributed by atoms with E-state index in [1.165, 1.54) is 0 Å². The third-order valence-corrected chi connectivity index (χ3v) is 9.53. The van der Waals surface area contributed by atoms with Crippen molar-refractivity contribution in [1.29, 1.82) is 0 Å². The van der Waals surface area contributed by atoms with Crippen LogP contribution in [0.25, 0.3) is 0 Å². The smallest absolute Gasteiger partial charge is 0.247 e. The highest BCUT2D eigenvalue weighted by Gasteiger charge is 2.74. The first-order valence-corrected chi connectivity index (χ1v) is 12.8. The Kier molecular flexibility index (Phi) is 7.68. The average molecular weight is 478 g/mol. The molecule has 6 atom stereocenters. The predicted molar refractivity (Wildman–Crippen MR) is 132 cm³/mol. The van der Waals surface area contributed by atoms with E-state index >= 15 is 0 Å². The molecule has 3 saturated heterocycles. The fourth-order valence-electron chi connectivity index (χ4n) is 6.02. The molecule has 0 aromatic heterocycles. The van der Waals surface area contributed by atoms with Crippen LogP contribution in [0.15, 0.2) is 25.3 Å². The second kappa shape index (κ2) is 9.82. The van der Waals surface area contributed by atoms with E-state index in [0.29, 0.717) is 13.1 Å². The lowest BCUT2D eigenvalue weighted by atomic mass is 9.70. The molecule has 0 aliphatic carbocycles. The first-order chi connectivity index (χ1) is 15.6. The van der Waals surface area contributed by atoms with Crippen molar-refractivity contribution in [1.82, 2.24) is 14.7 Å². The summed E-state index contributed by atoms with van der Waals surface area (Å²) in [5, 5.41) is 10.3. The number of likely N-dealkylation sites (tertiary alicyclic amines) is 1. The highest BCUT2D eigenvalue weighted by molar-refractivity contribution is 8.02. The molecular formula is C25H39N3O4S. The maximum Gasteiger partial charge on any atom is 0.247 e. The summed E-state index contributed by atoms with van der Waals surface area (Å²) in [4.78, 5) is 46.6. The van der Waals surface area contributed by atoms with Crippen LogP contribution in [0.1, 0.15) is 40.5 Å². The number of carbonyl (C=O) groups excluding carboxylic acids is 3. The molecule has 33 heavy (non-hydrogen) atoms. The summed E-state index contributed by atoms with van der Waals surface area (Å²) in [6, 6.07) is -1.24. The quantitative estimate of drug-likeness (QED) is 0.488. The lowest BCUT2D eigenvalue weighted by Gasteiger charge is -2.41. The Bertz CT molecular complexity index is 815. The largest absolute Gasteiger partial charge is 0.394 e. The standard InChI is InChI=1S/C25H39N3O4S/c1-8-12-26(7)22(30)19-18-10-11-25(33-18)20(19)23(31)28(17(14-29)15(3)4)21(25)24(32)27(13-9-2)16(5)6/h8-9,15-21,29H,1-2,10-14H2,3-7H3/t17-,18-,19+,20-,21?,25?/m0/s1. The Hall–Kier alpha value is -1.80. The second-order valence-electron chi connectivity index (χ2n) is 10.2. The maximum absolute atomic E-state index is 14.1. The number of amides is 3. The summed E-state index contributed by atoms with van der Waals surface area (Å²) in [7, 11) is 1.74. The number of hydrogen-bond donors (Lipinski definition) is 1. The summed E-state index contributed by atoms with van der Waals surface area (Å²) < 4.78 is -0.648. The van der Waals surface area contributed by atoms with Crippen LogP contribution in [0.2, 0.25) is 0 Å². The highest BCUT2D eigenvalue weighted by Crippen LogP contribution is 2.67. The number of aliphatic hydroxyl groups is 1. The van der Waals surface area contributed by atoms with Gasteiger partial charge < -0.3 is 19.8 Å². The van der Waals surface area contributed by atoms with Crippen molar-refractivity contribution in [2.24, 2.45) is 17.8 Å². The number of hydrogen-bond acceptors (Lipinski definition) is 5. The molecule has 0 radical (unpaired) electrons. The molecule has 2 unspecified atom stereocenters. The summed E-state index contributed by atoms with van der Waals surface area (Å²) in [6.45, 7) is 16.0. The molecule has 3 fully saturated rings. The van der Waals surface area contributed by atoms with Gasteiger partial charge in [-0.15, -0.1) is 24.9 Å². The van der Waals surface area contributed by atoms with Crippen molar-refractivity contribution < 1.29 is 19.5 Å². The molecule has 3 aliphatic heterocycles. The molecule has 0 aromatic carbocycles. The van der Waals surface area contributed by atoms with Crippen molar-refractivity contribution >= 4 is 29.5 Å². The Labute approximate surface area is 202 Å². The number of rotatable bonds is 10. The molecule has 0 aromatic rings. The second-order valence-corrected chi connectivity index (χ2v) is 11.8. The first kappa shape index (κ1) is 25.8. The van der Waals surface area contributed by atoms with E-state index in [2.05, 4.69) is 13.2 Å². The number of fused-ring (bicyclic) bond motifs is 1. The van der Waals surface area contributed by atoms with E-state index in [-0.39, 0.29) is 41.5 Å². The van der Waals surface area contributed by atoms with E-state index in [0.717, 1.165) is 12.8 Å². The molecule has 8 heteroatoms. The zero-order valence-electron chi connectivity index (χ0n) is 20.6. The summed E-state index contributed by atoms with van der Waals surface area (Å²) >= 11 is 1.66. The number of aliphatic hydroxyl groups excluding tert-OH is 1. The lowest BCUT2D eigenvalue weighted by Crippen LogP contribution is -2.59. The summed E-state index contributed by atoms with van der Waals surface area (Å²) in [5.41, 5.74) is 0. The Morgan fingerprint density at radius 1 is 1.21 bits per heavy atom. The minimum absolute atomic E-state index is 0.0229. The van der Waals surface area contributed by atoms with Crippen molar-refractivity contribution in [3.63, 3.8) is 0 Å². The van der Waals surface area contributed by atoms with Gasteiger partial charge in [-0.3, -0.25) is 14.4 Å². The van der Waals surface area contributed by atoms with Gasteiger partial charge in [0.2, 0.25) is 17.7 Å². The fourth-order valence-corrected chi connectivity index (χ4v) is 8.21. The van der Waals surface area contributed by atoms with Gasteiger partial charge in [0.05, 0.1) is 29.2 Å². The van der Waals surface area contributed by atoms with Gasteiger partial charge in [0.25, 0.3) is 0 Å². The van der Waals surface area contributed by atoms with E-state index in [4.69, 9.17) is 0 Å². The molecule has 1 spiro atoms. The minimum atomic E-state index is -0.700. The van der Waals surface area contributed by atoms with Gasteiger partial charge >= 0.3 is 0 Å². The number of likely N-dealkylation sites (N-methyl/N-ethyl adjacent to an activating group) is 1. The van der Waals surface area contributed by atoms with Crippen molar-refractivity contribution in [2.75, 3.05) is 26.7 Å². The topological polar surface area (TPSA) is 81.2 Å². The summed E-state index contributed by atoms with van der Waals surface area (Å²) in [6.07, 6.45) is 4.91. The summed E-state index contributed by atoms with van der Waals surface area (Å²) in [5.74, 6) is -1.38. The van der Waals surface area contributed by atoms with Crippen molar-refractivity contribution in [2.45, 2.75) is 68.7 Å². The number of carbonyl (C=O) groups is 3. The Balaban J connectivity index is 2.11. The molecule has 1 N–H and O–H groups in total. The van der Waals surface area contributed by atoms with E-state index in [1.807, 2.05) is 27.7 Å². The highest BCUT2D eigenvalue weighted by atomic mass is 32.2. The SMILES string of the molecule is C=CCN(C)C(=O)[C@@H]1[C@@H]2CCC3(S2)C(C(=O)N(CC=C)C(C)C)N([C@@H](CO)C(C)C)C(=O)[C@H]13. The molecular weight excluding hydrogens is 438 g/mol. The lowest BCUT2D eigenvalue weighted by molar-refractivity contribution is -0.148. The van der Waals surface area contributed by atoms with Crippen LogP contribution >= 0.6 is 11.8 Å². The van der Waals surface area contributed by atoms with Crippen LogP contribution in [0.4, 0.5) is 0 Å². The van der Waals surface area contributed by atoms with Gasteiger partial charge in [0.15, 0.2) is 0 Å². The van der Waals surface area contributed by atoms with Crippen LogP contribution in [-0.4, -0.2) is 92.4 Å². The monoisotopic (exact) mass is 477 g/mol. The molecule has 3 rings (SSSR count). The minimum Gasteiger partial charge on any atom is -0.394 e. The maximum atomic E-state index is 14.1. The normalized spacial score (nSPS) is 31.2. The van der Waals surface area contributed by atoms with Crippen LogP contribution in [0.5, 0.6) is 0 Å². The van der Waals surface area contributed by atoms with Gasteiger partial charge in [-0.2, -0.15) is 0 Å². The molecule has 3 heterocycles. The van der Waals surface area contributed by atoms with E-state index in [1.54, 1.807) is 45.7 Å². The van der Waals surface area contributed by atoms with Crippen molar-refractivity contribution in [3.05, 3.63) is 25.3 Å². The van der Waals surface area contributed by atoms with E-state index < -0.39 is 28.7 Å². The zero-order chi connectivity index (χ0) is 24.7. The van der Waals surface area contributed by atoms with Gasteiger partial charge in [0, 0.05) is 31.4 Å². The number of thioether (sulfide) groups is 1. The Morgan fingerprint density at radius 2 is 1.85 bits per heavy atom. The van der Waals surface area contributed by atoms with E-state index in [9.17, 15) is 19.5 Å².